The highest BCUT2D eigenvalue weighted by atomic mass is 16.3. The Bertz CT molecular complexity index is 3430. The van der Waals surface area contributed by atoms with Crippen LogP contribution in [-0.2, 0) is 0 Å². The number of benzene rings is 10. The molecular formula is C52H30O2. The summed E-state index contributed by atoms with van der Waals surface area (Å²) >= 11 is 0. The lowest BCUT2D eigenvalue weighted by atomic mass is 9.84. The first-order valence-corrected chi connectivity index (χ1v) is 18.5. The molecule has 0 aliphatic heterocycles. The van der Waals surface area contributed by atoms with E-state index < -0.39 is 0 Å². The summed E-state index contributed by atoms with van der Waals surface area (Å²) < 4.78 is 13.2. The minimum absolute atomic E-state index is 0.863. The van der Waals surface area contributed by atoms with E-state index in [1.807, 2.05) is 12.1 Å². The lowest BCUT2D eigenvalue weighted by Gasteiger charge is -2.19. The van der Waals surface area contributed by atoms with Crippen LogP contribution in [0.2, 0.25) is 0 Å². The van der Waals surface area contributed by atoms with Crippen molar-refractivity contribution in [1.82, 2.24) is 0 Å². The van der Waals surface area contributed by atoms with E-state index in [2.05, 4.69) is 170 Å². The summed E-state index contributed by atoms with van der Waals surface area (Å²) in [4.78, 5) is 0. The standard InChI is InChI=1S/C52H30O2/c1-2-12-31(13-3-1)48-38-17-6-8-19-40(38)50(41-20-9-7-18-39(41)48)42-28-27-34(35-14-4-5-15-36(35)42)33-24-29-47-45(30-33)44-26-23-32-22-25-43-37-16-10-11-21-46(37)53-51(43)49(32)52(44)54-47/h1-30H. The number of rotatable bonds is 3. The molecular weight excluding hydrogens is 657 g/mol. The average Bonchev–Trinajstić information content (AvgIpc) is 3.81. The van der Waals surface area contributed by atoms with Crippen LogP contribution >= 0.6 is 0 Å². The summed E-state index contributed by atoms with van der Waals surface area (Å²) in [5.41, 5.74) is 10.9. The van der Waals surface area contributed by atoms with Crippen molar-refractivity contribution >= 4 is 87.0 Å². The molecule has 54 heavy (non-hydrogen) atoms. The van der Waals surface area contributed by atoms with E-state index in [1.54, 1.807) is 0 Å². The molecule has 0 aliphatic carbocycles. The molecule has 0 saturated heterocycles. The van der Waals surface area contributed by atoms with E-state index in [0.29, 0.717) is 0 Å². The van der Waals surface area contributed by atoms with Gasteiger partial charge in [-0.05, 0) is 101 Å². The second kappa shape index (κ2) is 11.2. The van der Waals surface area contributed by atoms with Crippen molar-refractivity contribution in [3.63, 3.8) is 0 Å². The van der Waals surface area contributed by atoms with Crippen molar-refractivity contribution < 1.29 is 8.83 Å². The first-order chi connectivity index (χ1) is 26.8. The molecule has 0 fully saturated rings. The van der Waals surface area contributed by atoms with Gasteiger partial charge in [0.15, 0.2) is 0 Å². The zero-order valence-corrected chi connectivity index (χ0v) is 29.1. The summed E-state index contributed by atoms with van der Waals surface area (Å²) in [6, 6.07) is 65.6. The fraction of sp³-hybridized carbons (Fsp3) is 0. The third kappa shape index (κ3) is 4.11. The molecule has 250 valence electrons. The van der Waals surface area contributed by atoms with Crippen molar-refractivity contribution in [2.45, 2.75) is 0 Å². The fourth-order valence-electron chi connectivity index (χ4n) is 9.09. The van der Waals surface area contributed by atoms with Gasteiger partial charge < -0.3 is 8.83 Å². The Morgan fingerprint density at radius 1 is 0.278 bits per heavy atom. The Kier molecular flexibility index (Phi) is 6.09. The van der Waals surface area contributed by atoms with E-state index in [-0.39, 0.29) is 0 Å². The maximum absolute atomic E-state index is 6.69. The van der Waals surface area contributed by atoms with Crippen LogP contribution < -0.4 is 0 Å². The van der Waals surface area contributed by atoms with Crippen molar-refractivity contribution in [2.24, 2.45) is 0 Å². The van der Waals surface area contributed by atoms with Crippen molar-refractivity contribution in [2.75, 3.05) is 0 Å². The molecule has 2 heteroatoms. The molecule has 0 atom stereocenters. The predicted molar refractivity (Wildman–Crippen MR) is 227 cm³/mol. The molecule has 2 aromatic heterocycles. The molecule has 0 bridgehead atoms. The Labute approximate surface area is 310 Å². The van der Waals surface area contributed by atoms with Crippen LogP contribution in [0.5, 0.6) is 0 Å². The van der Waals surface area contributed by atoms with E-state index in [9.17, 15) is 0 Å². The second-order valence-electron chi connectivity index (χ2n) is 14.3. The zero-order valence-electron chi connectivity index (χ0n) is 29.1. The van der Waals surface area contributed by atoms with Gasteiger partial charge in [0.25, 0.3) is 0 Å². The van der Waals surface area contributed by atoms with Gasteiger partial charge in [-0.25, -0.2) is 0 Å². The van der Waals surface area contributed by atoms with E-state index in [4.69, 9.17) is 8.83 Å². The lowest BCUT2D eigenvalue weighted by molar-refractivity contribution is 0.663. The number of hydrogen-bond acceptors (Lipinski definition) is 2. The Hall–Kier alpha value is -7.16. The Morgan fingerprint density at radius 2 is 0.778 bits per heavy atom. The normalized spacial score (nSPS) is 12.1. The summed E-state index contributed by atoms with van der Waals surface area (Å²) in [7, 11) is 0. The van der Waals surface area contributed by atoms with Gasteiger partial charge in [-0.2, -0.15) is 0 Å². The van der Waals surface area contributed by atoms with Crippen LogP contribution in [0.15, 0.2) is 191 Å². The Balaban J connectivity index is 1.09. The fourth-order valence-corrected chi connectivity index (χ4v) is 9.09. The SMILES string of the molecule is c1ccc(-c2c3ccccc3c(-c3ccc(-c4ccc5oc6c(ccc7ccc8c9ccccc9oc8c76)c5c4)c4ccccc34)c3ccccc23)cc1. The Morgan fingerprint density at radius 3 is 1.44 bits per heavy atom. The molecule has 2 nitrogen and oxygen atoms in total. The molecule has 10 aromatic carbocycles. The largest absolute Gasteiger partial charge is 0.455 e. The number of para-hydroxylation sites is 1. The van der Waals surface area contributed by atoms with Crippen LogP contribution in [0.25, 0.3) is 120 Å². The monoisotopic (exact) mass is 686 g/mol. The maximum atomic E-state index is 6.69. The number of fused-ring (bicyclic) bond motifs is 12. The lowest BCUT2D eigenvalue weighted by Crippen LogP contribution is -1.92. The molecule has 0 N–H and O–H groups in total. The smallest absolute Gasteiger partial charge is 0.147 e. The van der Waals surface area contributed by atoms with Crippen LogP contribution in [0, 0.1) is 0 Å². The summed E-state index contributed by atoms with van der Waals surface area (Å²) in [6.07, 6.45) is 0. The van der Waals surface area contributed by atoms with Crippen LogP contribution in [-0.4, -0.2) is 0 Å². The van der Waals surface area contributed by atoms with E-state index in [1.165, 1.54) is 60.1 Å². The van der Waals surface area contributed by atoms with Gasteiger partial charge in [-0.15, -0.1) is 0 Å². The number of furan rings is 2. The van der Waals surface area contributed by atoms with Crippen molar-refractivity contribution in [3.05, 3.63) is 182 Å². The first kappa shape index (κ1) is 29.4. The molecule has 0 amide bonds. The molecule has 2 heterocycles. The first-order valence-electron chi connectivity index (χ1n) is 18.5. The molecule has 0 aliphatic rings. The molecule has 0 saturated carbocycles. The van der Waals surface area contributed by atoms with Crippen LogP contribution in [0.1, 0.15) is 0 Å². The van der Waals surface area contributed by atoms with E-state index in [0.717, 1.165) is 60.2 Å². The third-order valence-corrected chi connectivity index (χ3v) is 11.5. The van der Waals surface area contributed by atoms with Gasteiger partial charge in [0.1, 0.15) is 22.3 Å². The second-order valence-corrected chi connectivity index (χ2v) is 14.3. The maximum Gasteiger partial charge on any atom is 0.147 e. The van der Waals surface area contributed by atoms with E-state index >= 15 is 0 Å². The highest BCUT2D eigenvalue weighted by Gasteiger charge is 2.20. The zero-order chi connectivity index (χ0) is 35.3. The molecule has 12 rings (SSSR count). The van der Waals surface area contributed by atoms with Crippen molar-refractivity contribution in [1.29, 1.82) is 0 Å². The van der Waals surface area contributed by atoms with Crippen LogP contribution in [0.4, 0.5) is 0 Å². The van der Waals surface area contributed by atoms with Gasteiger partial charge in [0.05, 0.1) is 5.39 Å². The van der Waals surface area contributed by atoms with Gasteiger partial charge in [-0.3, -0.25) is 0 Å². The quantitative estimate of drug-likeness (QED) is 0.173. The van der Waals surface area contributed by atoms with Gasteiger partial charge in [-0.1, -0.05) is 152 Å². The molecule has 0 unspecified atom stereocenters. The highest BCUT2D eigenvalue weighted by Crippen LogP contribution is 2.47. The third-order valence-electron chi connectivity index (χ3n) is 11.5. The summed E-state index contributed by atoms with van der Waals surface area (Å²) in [5.74, 6) is 0. The minimum Gasteiger partial charge on any atom is -0.455 e. The molecule has 0 radical (unpaired) electrons. The predicted octanol–water partition coefficient (Wildman–Crippen LogP) is 15.1. The van der Waals surface area contributed by atoms with Gasteiger partial charge in [0, 0.05) is 21.5 Å². The van der Waals surface area contributed by atoms with Gasteiger partial charge >= 0.3 is 0 Å². The van der Waals surface area contributed by atoms with Gasteiger partial charge in [0.2, 0.25) is 0 Å². The molecule has 12 aromatic rings. The molecule has 0 spiro atoms. The van der Waals surface area contributed by atoms with Crippen LogP contribution in [0.3, 0.4) is 0 Å². The highest BCUT2D eigenvalue weighted by molar-refractivity contribution is 6.26. The summed E-state index contributed by atoms with van der Waals surface area (Å²) in [5, 5.41) is 14.0. The number of hydrogen-bond donors (Lipinski definition) is 0. The van der Waals surface area contributed by atoms with Crippen molar-refractivity contribution in [3.8, 4) is 33.4 Å². The minimum atomic E-state index is 0.863. The summed E-state index contributed by atoms with van der Waals surface area (Å²) in [6.45, 7) is 0. The topological polar surface area (TPSA) is 26.3 Å². The average molecular weight is 687 g/mol.